The molecule has 10 nitrogen and oxygen atoms in total. The van der Waals surface area contributed by atoms with Gasteiger partial charge in [-0.1, -0.05) is 11.6 Å². The standard InChI is InChI=1S/C23H11ClF3N7O3/c24-15-2-12(6-28)3-17(4-15)37-19-20(23(25,26)27)31-11-34(22(19)36)10-16-5-18(21(35)33-32-16)14-1-13(7-29)8-30-9-14/h1-5,8-9,11H,10H2,(H,33,35). The van der Waals surface area contributed by atoms with Crippen LogP contribution in [-0.2, 0) is 12.7 Å². The Labute approximate surface area is 209 Å². The Hall–Kier alpha value is -5.01. The molecule has 0 radical (unpaired) electrons. The molecular formula is C23H11ClF3N7O3. The molecule has 0 spiro atoms. The number of hydrogen-bond acceptors (Lipinski definition) is 8. The summed E-state index contributed by atoms with van der Waals surface area (Å²) in [5.74, 6) is -1.42. The van der Waals surface area contributed by atoms with Gasteiger partial charge in [-0.3, -0.25) is 19.1 Å². The van der Waals surface area contributed by atoms with E-state index in [1.807, 2.05) is 6.07 Å². The number of nitrogens with one attached hydrogen (secondary N) is 1. The Morgan fingerprint density at radius 2 is 1.81 bits per heavy atom. The number of aromatic nitrogens is 5. The monoisotopic (exact) mass is 525 g/mol. The molecule has 1 aromatic carbocycles. The summed E-state index contributed by atoms with van der Waals surface area (Å²) < 4.78 is 46.9. The van der Waals surface area contributed by atoms with Crippen molar-refractivity contribution in [3.63, 3.8) is 0 Å². The number of aromatic amines is 1. The quantitative estimate of drug-likeness (QED) is 0.415. The fourth-order valence-corrected chi connectivity index (χ4v) is 3.47. The van der Waals surface area contributed by atoms with Crippen molar-refractivity contribution in [1.82, 2.24) is 24.7 Å². The third-order valence-electron chi connectivity index (χ3n) is 4.85. The smallest absolute Gasteiger partial charge is 0.437 e. The van der Waals surface area contributed by atoms with Gasteiger partial charge in [0.15, 0.2) is 5.69 Å². The maximum atomic E-state index is 13.6. The van der Waals surface area contributed by atoms with Crippen molar-refractivity contribution in [2.75, 3.05) is 0 Å². The molecule has 4 aromatic rings. The number of nitriles is 2. The van der Waals surface area contributed by atoms with Crippen LogP contribution >= 0.6 is 11.6 Å². The minimum Gasteiger partial charge on any atom is -0.449 e. The number of H-pyrrole nitrogens is 1. The second kappa shape index (κ2) is 9.93. The Bertz CT molecular complexity index is 1720. The summed E-state index contributed by atoms with van der Waals surface area (Å²) in [7, 11) is 0. The van der Waals surface area contributed by atoms with Crippen molar-refractivity contribution in [2.24, 2.45) is 0 Å². The Morgan fingerprint density at radius 1 is 1.05 bits per heavy atom. The normalized spacial score (nSPS) is 11.0. The number of nitrogens with zero attached hydrogens (tertiary/aromatic N) is 6. The third kappa shape index (κ3) is 5.47. The number of pyridine rings is 1. The second-order valence-corrected chi connectivity index (χ2v) is 7.86. The van der Waals surface area contributed by atoms with Crippen molar-refractivity contribution < 1.29 is 17.9 Å². The molecule has 0 saturated carbocycles. The third-order valence-corrected chi connectivity index (χ3v) is 5.07. The molecule has 1 N–H and O–H groups in total. The molecule has 0 aliphatic heterocycles. The topological polar surface area (TPSA) is 150 Å². The summed E-state index contributed by atoms with van der Waals surface area (Å²) in [6, 6.07) is 9.92. The molecule has 0 saturated heterocycles. The van der Waals surface area contributed by atoms with E-state index >= 15 is 0 Å². The average molecular weight is 526 g/mol. The lowest BCUT2D eigenvalue weighted by Gasteiger charge is -2.15. The van der Waals surface area contributed by atoms with Gasteiger partial charge in [-0.15, -0.1) is 0 Å². The molecule has 3 heterocycles. The molecule has 3 aromatic heterocycles. The van der Waals surface area contributed by atoms with Gasteiger partial charge in [0.25, 0.3) is 11.1 Å². The highest BCUT2D eigenvalue weighted by molar-refractivity contribution is 6.30. The summed E-state index contributed by atoms with van der Waals surface area (Å²) in [6.07, 6.45) is -1.73. The van der Waals surface area contributed by atoms with Crippen LogP contribution in [0.25, 0.3) is 11.1 Å². The van der Waals surface area contributed by atoms with Crippen LogP contribution in [0.5, 0.6) is 11.5 Å². The summed E-state index contributed by atoms with van der Waals surface area (Å²) in [5, 5.41) is 24.2. The number of halogens is 4. The predicted molar refractivity (Wildman–Crippen MR) is 122 cm³/mol. The molecule has 0 fully saturated rings. The van der Waals surface area contributed by atoms with Crippen LogP contribution in [0, 0.1) is 22.7 Å². The SMILES string of the molecule is N#Cc1cc(Cl)cc(Oc2c(C(F)(F)F)ncn(Cc3cc(-c4cncc(C#N)c4)c(=O)[nH]n3)c2=O)c1. The van der Waals surface area contributed by atoms with E-state index in [0.717, 1.165) is 16.7 Å². The van der Waals surface area contributed by atoms with Crippen molar-refractivity contribution in [2.45, 2.75) is 12.7 Å². The van der Waals surface area contributed by atoms with Gasteiger partial charge in [-0.25, -0.2) is 10.1 Å². The zero-order valence-corrected chi connectivity index (χ0v) is 19.0. The summed E-state index contributed by atoms with van der Waals surface area (Å²) >= 11 is 5.89. The lowest BCUT2D eigenvalue weighted by Crippen LogP contribution is -2.27. The number of hydrogen-bond donors (Lipinski definition) is 1. The lowest BCUT2D eigenvalue weighted by atomic mass is 10.1. The van der Waals surface area contributed by atoms with Crippen molar-refractivity contribution in [3.05, 3.63) is 97.3 Å². The van der Waals surface area contributed by atoms with Gasteiger partial charge in [-0.2, -0.15) is 28.8 Å². The molecular weight excluding hydrogens is 515 g/mol. The maximum Gasteiger partial charge on any atom is 0.437 e. The van der Waals surface area contributed by atoms with E-state index in [4.69, 9.17) is 26.9 Å². The molecule has 4 rings (SSSR count). The molecule has 0 amide bonds. The first-order valence-electron chi connectivity index (χ1n) is 10.1. The van der Waals surface area contributed by atoms with Gasteiger partial charge in [0.05, 0.1) is 41.3 Å². The highest BCUT2D eigenvalue weighted by atomic mass is 35.5. The number of rotatable bonds is 5. The summed E-state index contributed by atoms with van der Waals surface area (Å²) in [6.45, 7) is -0.394. The van der Waals surface area contributed by atoms with Crippen molar-refractivity contribution in [1.29, 1.82) is 10.5 Å². The van der Waals surface area contributed by atoms with Gasteiger partial charge in [-0.05, 0) is 30.3 Å². The number of alkyl halides is 3. The van der Waals surface area contributed by atoms with Gasteiger partial charge in [0, 0.05) is 23.0 Å². The van der Waals surface area contributed by atoms with Crippen molar-refractivity contribution >= 4 is 11.6 Å². The van der Waals surface area contributed by atoms with E-state index in [-0.39, 0.29) is 33.2 Å². The molecule has 0 bridgehead atoms. The van der Waals surface area contributed by atoms with Crippen LogP contribution in [-0.4, -0.2) is 24.7 Å². The summed E-state index contributed by atoms with van der Waals surface area (Å²) in [4.78, 5) is 32.6. The Kier molecular flexibility index (Phi) is 6.73. The lowest BCUT2D eigenvalue weighted by molar-refractivity contribution is -0.142. The number of ether oxygens (including phenoxy) is 1. The molecule has 0 atom stereocenters. The van der Waals surface area contributed by atoms with Crippen LogP contribution in [0.3, 0.4) is 0 Å². The fraction of sp³-hybridized carbons (Fsp3) is 0.0870. The zero-order valence-electron chi connectivity index (χ0n) is 18.2. The minimum atomic E-state index is -5.04. The first kappa shape index (κ1) is 25.1. The van der Waals surface area contributed by atoms with Crippen LogP contribution in [0.2, 0.25) is 5.02 Å². The zero-order chi connectivity index (χ0) is 26.7. The highest BCUT2D eigenvalue weighted by Crippen LogP contribution is 2.35. The second-order valence-electron chi connectivity index (χ2n) is 7.42. The average Bonchev–Trinajstić information content (AvgIpc) is 2.86. The first-order chi connectivity index (χ1) is 17.6. The Morgan fingerprint density at radius 3 is 2.51 bits per heavy atom. The highest BCUT2D eigenvalue weighted by Gasteiger charge is 2.38. The molecule has 0 unspecified atom stereocenters. The first-order valence-corrected chi connectivity index (χ1v) is 10.5. The van der Waals surface area contributed by atoms with Crippen LogP contribution in [0.4, 0.5) is 13.2 Å². The molecule has 14 heteroatoms. The van der Waals surface area contributed by atoms with Crippen molar-refractivity contribution in [3.8, 4) is 34.8 Å². The van der Waals surface area contributed by atoms with E-state index in [0.29, 0.717) is 11.9 Å². The number of benzene rings is 1. The van der Waals surface area contributed by atoms with Gasteiger partial charge in [0.1, 0.15) is 11.8 Å². The molecule has 184 valence electrons. The van der Waals surface area contributed by atoms with E-state index in [9.17, 15) is 22.8 Å². The fourth-order valence-electron chi connectivity index (χ4n) is 3.25. The Balaban J connectivity index is 1.77. The van der Waals surface area contributed by atoms with Gasteiger partial charge in [0.2, 0.25) is 5.75 Å². The van der Waals surface area contributed by atoms with E-state index in [1.54, 1.807) is 6.07 Å². The van der Waals surface area contributed by atoms with Gasteiger partial charge >= 0.3 is 6.18 Å². The largest absolute Gasteiger partial charge is 0.449 e. The van der Waals surface area contributed by atoms with Gasteiger partial charge < -0.3 is 4.74 Å². The van der Waals surface area contributed by atoms with Crippen LogP contribution < -0.4 is 15.9 Å². The molecule has 0 aliphatic carbocycles. The van der Waals surface area contributed by atoms with Crippen LogP contribution in [0.1, 0.15) is 22.5 Å². The minimum absolute atomic E-state index is 0.000186. The van der Waals surface area contributed by atoms with E-state index in [2.05, 4.69) is 20.2 Å². The predicted octanol–water partition coefficient (Wildman–Crippen LogP) is 3.64. The molecule has 0 aliphatic rings. The van der Waals surface area contributed by atoms with E-state index < -0.39 is 35.3 Å². The van der Waals surface area contributed by atoms with E-state index in [1.165, 1.54) is 30.6 Å². The van der Waals surface area contributed by atoms with Crippen LogP contribution in [0.15, 0.2) is 58.6 Å². The molecule has 37 heavy (non-hydrogen) atoms. The summed E-state index contributed by atoms with van der Waals surface area (Å²) in [5.41, 5.74) is -2.76. The maximum absolute atomic E-state index is 13.6.